The molecule has 2 heterocycles. The Morgan fingerprint density at radius 1 is 1.12 bits per heavy atom. The fourth-order valence-corrected chi connectivity index (χ4v) is 5.71. The van der Waals surface area contributed by atoms with Crippen LogP contribution >= 0.6 is 15.9 Å². The highest BCUT2D eigenvalue weighted by molar-refractivity contribution is 9.10. The Bertz CT molecular complexity index is 1350. The van der Waals surface area contributed by atoms with Gasteiger partial charge in [0.25, 0.3) is 0 Å². The number of hydrogen-bond donors (Lipinski definition) is 1. The molecule has 2 unspecified atom stereocenters. The highest BCUT2D eigenvalue weighted by atomic mass is 79.9. The minimum absolute atomic E-state index is 0.0436. The molecule has 0 fully saturated rings. The maximum absolute atomic E-state index is 13.3. The topological polar surface area (TPSA) is 56.8 Å². The number of allylic oxidation sites excluding steroid dienone is 1. The van der Waals surface area contributed by atoms with Crippen LogP contribution in [0.4, 0.5) is 5.69 Å². The van der Waals surface area contributed by atoms with Crippen LogP contribution in [0.5, 0.6) is 17.2 Å². The van der Waals surface area contributed by atoms with Crippen LogP contribution < -0.4 is 19.5 Å². The van der Waals surface area contributed by atoms with Gasteiger partial charge in [-0.25, -0.2) is 0 Å². The Morgan fingerprint density at radius 3 is 2.82 bits per heavy atom. The zero-order chi connectivity index (χ0) is 22.7. The van der Waals surface area contributed by atoms with Crippen LogP contribution in [0.15, 0.2) is 58.6 Å². The van der Waals surface area contributed by atoms with Crippen molar-refractivity contribution in [2.24, 2.45) is 0 Å². The third-order valence-electron chi connectivity index (χ3n) is 6.83. The van der Waals surface area contributed by atoms with Gasteiger partial charge in [0.1, 0.15) is 0 Å². The number of benzene rings is 3. The highest BCUT2D eigenvalue weighted by Gasteiger charge is 2.43. The second kappa shape index (κ2) is 7.66. The van der Waals surface area contributed by atoms with E-state index in [2.05, 4.69) is 46.4 Å². The molecule has 0 saturated carbocycles. The number of halogens is 1. The predicted octanol–water partition coefficient (Wildman–Crippen LogP) is 5.95. The van der Waals surface area contributed by atoms with Gasteiger partial charge < -0.3 is 19.5 Å². The second-order valence-electron chi connectivity index (χ2n) is 8.64. The van der Waals surface area contributed by atoms with E-state index in [4.69, 9.17) is 14.2 Å². The predicted molar refractivity (Wildman–Crippen MR) is 130 cm³/mol. The minimum Gasteiger partial charge on any atom is -0.493 e. The summed E-state index contributed by atoms with van der Waals surface area (Å²) in [6, 6.07) is 16.3. The molecule has 2 aliphatic heterocycles. The Balaban J connectivity index is 1.45. The zero-order valence-electron chi connectivity index (χ0n) is 18.3. The van der Waals surface area contributed by atoms with Gasteiger partial charge in [-0.1, -0.05) is 51.8 Å². The quantitative estimate of drug-likeness (QED) is 0.477. The lowest BCUT2D eigenvalue weighted by Gasteiger charge is -2.24. The number of hydrogen-bond acceptors (Lipinski definition) is 4. The number of rotatable bonds is 4. The molecule has 33 heavy (non-hydrogen) atoms. The first kappa shape index (κ1) is 20.4. The summed E-state index contributed by atoms with van der Waals surface area (Å²) in [5.74, 6) is 1.71. The summed E-state index contributed by atoms with van der Waals surface area (Å²) in [7, 11) is 1.63. The van der Waals surface area contributed by atoms with E-state index in [1.54, 1.807) is 7.11 Å². The van der Waals surface area contributed by atoms with Gasteiger partial charge in [-0.3, -0.25) is 4.79 Å². The number of nitrogens with one attached hydrogen (secondary N) is 1. The molecule has 166 valence electrons. The number of anilines is 1. The fraction of sp³-hybridized carbons (Fsp3) is 0.222. The fourth-order valence-electron chi connectivity index (χ4n) is 5.36. The van der Waals surface area contributed by atoms with E-state index in [0.717, 1.165) is 26.9 Å². The number of methoxy groups -OCH3 is 1. The third kappa shape index (κ3) is 3.16. The lowest BCUT2D eigenvalue weighted by atomic mass is 9.77. The van der Waals surface area contributed by atoms with Gasteiger partial charge in [-0.2, -0.15) is 0 Å². The van der Waals surface area contributed by atoms with E-state index in [-0.39, 0.29) is 24.5 Å². The van der Waals surface area contributed by atoms with Gasteiger partial charge in [0.15, 0.2) is 11.5 Å². The van der Waals surface area contributed by atoms with Gasteiger partial charge in [0, 0.05) is 16.1 Å². The van der Waals surface area contributed by atoms with Crippen molar-refractivity contribution in [1.82, 2.24) is 0 Å². The smallest absolute Gasteiger partial charge is 0.232 e. The van der Waals surface area contributed by atoms with Crippen molar-refractivity contribution in [2.45, 2.75) is 25.2 Å². The van der Waals surface area contributed by atoms with Crippen molar-refractivity contribution in [2.75, 3.05) is 19.2 Å². The molecule has 3 aromatic carbocycles. The molecule has 1 aliphatic carbocycles. The van der Waals surface area contributed by atoms with Gasteiger partial charge in [-0.05, 0) is 65.4 Å². The van der Waals surface area contributed by atoms with Crippen molar-refractivity contribution in [3.8, 4) is 17.2 Å². The third-order valence-corrected chi connectivity index (χ3v) is 7.69. The van der Waals surface area contributed by atoms with Crippen molar-refractivity contribution < 1.29 is 19.0 Å². The Morgan fingerprint density at radius 2 is 1.97 bits per heavy atom. The summed E-state index contributed by atoms with van der Waals surface area (Å²) < 4.78 is 17.8. The minimum atomic E-state index is -0.289. The maximum Gasteiger partial charge on any atom is 0.232 e. The molecule has 6 rings (SSSR count). The average Bonchev–Trinajstić information content (AvgIpc) is 3.50. The molecule has 0 bridgehead atoms. The van der Waals surface area contributed by atoms with E-state index < -0.39 is 0 Å². The molecular weight excluding hydrogens is 482 g/mol. The largest absolute Gasteiger partial charge is 0.493 e. The molecular formula is C27H22BrNO4. The van der Waals surface area contributed by atoms with Crippen LogP contribution in [0.3, 0.4) is 0 Å². The van der Waals surface area contributed by atoms with Gasteiger partial charge in [0.05, 0.1) is 13.0 Å². The zero-order valence-corrected chi connectivity index (χ0v) is 19.9. The Labute approximate surface area is 200 Å². The molecule has 0 radical (unpaired) electrons. The van der Waals surface area contributed by atoms with Crippen LogP contribution in [-0.4, -0.2) is 19.8 Å². The summed E-state index contributed by atoms with van der Waals surface area (Å²) >= 11 is 3.66. The number of ether oxygens (including phenoxy) is 3. The van der Waals surface area contributed by atoms with Crippen molar-refractivity contribution >= 4 is 33.6 Å². The van der Waals surface area contributed by atoms with E-state index in [9.17, 15) is 4.79 Å². The van der Waals surface area contributed by atoms with Crippen LogP contribution in [0.25, 0.3) is 6.08 Å². The molecule has 0 spiro atoms. The lowest BCUT2D eigenvalue weighted by molar-refractivity contribution is -0.117. The van der Waals surface area contributed by atoms with Gasteiger partial charge >= 0.3 is 0 Å². The highest BCUT2D eigenvalue weighted by Crippen LogP contribution is 2.52. The van der Waals surface area contributed by atoms with E-state index >= 15 is 0 Å². The van der Waals surface area contributed by atoms with Crippen molar-refractivity contribution in [3.05, 3.63) is 86.4 Å². The van der Waals surface area contributed by atoms with E-state index in [0.29, 0.717) is 23.7 Å². The number of carbonyl (C=O) groups is 1. The monoisotopic (exact) mass is 503 g/mol. The van der Waals surface area contributed by atoms with Crippen LogP contribution in [0.2, 0.25) is 0 Å². The summed E-state index contributed by atoms with van der Waals surface area (Å²) in [5, 5.41) is 3.12. The molecule has 3 aromatic rings. The molecule has 2 atom stereocenters. The van der Waals surface area contributed by atoms with Gasteiger partial charge in [-0.15, -0.1) is 0 Å². The molecule has 1 N–H and O–H groups in total. The normalized spacial score (nSPS) is 19.7. The second-order valence-corrected chi connectivity index (χ2v) is 9.49. The molecule has 0 aromatic heterocycles. The van der Waals surface area contributed by atoms with Crippen molar-refractivity contribution in [1.29, 1.82) is 0 Å². The number of carbonyl (C=O) groups excluding carboxylic acids is 1. The standard InChI is InChI=1S/C27H22BrNO4/c1-14-19(28)7-8-20-23(14)25(27(30)29-20)24-17(12-16-5-3-4-6-18(16)24)9-15-10-21(31-2)26-22(11-15)32-13-33-26/h3-8,10-12,24-25H,9,13H2,1-2H3,(H,29,30). The van der Waals surface area contributed by atoms with E-state index in [1.807, 2.05) is 36.4 Å². The first-order valence-electron chi connectivity index (χ1n) is 10.9. The molecule has 0 saturated heterocycles. The Kier molecular flexibility index (Phi) is 4.73. The van der Waals surface area contributed by atoms with E-state index in [1.165, 1.54) is 16.7 Å². The van der Waals surface area contributed by atoms with Crippen LogP contribution in [-0.2, 0) is 11.2 Å². The first-order chi connectivity index (χ1) is 16.0. The van der Waals surface area contributed by atoms with Crippen LogP contribution in [0, 0.1) is 6.92 Å². The molecule has 1 amide bonds. The van der Waals surface area contributed by atoms with Gasteiger partial charge in [0.2, 0.25) is 18.4 Å². The maximum atomic E-state index is 13.3. The summed E-state index contributed by atoms with van der Waals surface area (Å²) in [6.07, 6.45) is 2.91. The molecule has 3 aliphatic rings. The summed E-state index contributed by atoms with van der Waals surface area (Å²) in [5.41, 5.74) is 7.69. The lowest BCUT2D eigenvalue weighted by Crippen LogP contribution is -2.21. The average molecular weight is 504 g/mol. The Hall–Kier alpha value is -3.25. The van der Waals surface area contributed by atoms with Crippen molar-refractivity contribution in [3.63, 3.8) is 0 Å². The molecule has 5 nitrogen and oxygen atoms in total. The summed E-state index contributed by atoms with van der Waals surface area (Å²) in [4.78, 5) is 13.3. The number of amides is 1. The number of fused-ring (bicyclic) bond motifs is 3. The first-order valence-corrected chi connectivity index (χ1v) is 11.7. The SMILES string of the molecule is COc1cc(CC2=Cc3ccccc3C2C2C(=O)Nc3ccc(Br)c(C)c32)cc2c1OCO2. The van der Waals surface area contributed by atoms with Crippen LogP contribution in [0.1, 0.15) is 39.7 Å². The molecule has 6 heteroatoms. The summed E-state index contributed by atoms with van der Waals surface area (Å²) in [6.45, 7) is 2.27.